The van der Waals surface area contributed by atoms with Gasteiger partial charge in [0, 0.05) is 18.1 Å². The van der Waals surface area contributed by atoms with E-state index in [-0.39, 0.29) is 5.91 Å². The number of hydrogen-bond acceptors (Lipinski definition) is 7. The van der Waals surface area contributed by atoms with Gasteiger partial charge in [0.2, 0.25) is 23.2 Å². The second-order valence-electron chi connectivity index (χ2n) is 6.33. The Morgan fingerprint density at radius 1 is 1.17 bits per heavy atom. The van der Waals surface area contributed by atoms with Gasteiger partial charge in [-0.15, -0.1) is 10.2 Å². The van der Waals surface area contributed by atoms with Crippen LogP contribution in [0, 0.1) is 0 Å². The zero-order chi connectivity index (χ0) is 20.4. The molecule has 3 aromatic rings. The second kappa shape index (κ2) is 8.08. The van der Waals surface area contributed by atoms with Gasteiger partial charge in [-0.05, 0) is 36.1 Å². The first kappa shape index (κ1) is 19.2. The van der Waals surface area contributed by atoms with Gasteiger partial charge in [0.05, 0.1) is 12.8 Å². The van der Waals surface area contributed by atoms with E-state index in [2.05, 4.69) is 15.2 Å². The van der Waals surface area contributed by atoms with Crippen LogP contribution in [0.4, 0.5) is 5.69 Å². The molecule has 0 saturated heterocycles. The maximum atomic E-state index is 12.7. The molecule has 7 nitrogen and oxygen atoms in total. The lowest BCUT2D eigenvalue weighted by molar-refractivity contribution is -0.118. The quantitative estimate of drug-likeness (QED) is 0.601. The average Bonchev–Trinajstić information content (AvgIpc) is 2.88. The third-order valence-corrected chi connectivity index (χ3v) is 5.25. The Labute approximate surface area is 173 Å². The van der Waals surface area contributed by atoms with E-state index < -0.39 is 6.23 Å². The van der Waals surface area contributed by atoms with Gasteiger partial charge in [-0.3, -0.25) is 9.69 Å². The third-order valence-electron chi connectivity index (χ3n) is 4.53. The molecule has 2 aromatic carbocycles. The number of rotatable bonds is 4. The molecule has 1 aromatic heterocycles. The molecule has 1 aliphatic rings. The number of hydrogen-bond donors (Lipinski definition) is 0. The number of para-hydroxylation sites is 1. The molecule has 4 rings (SSSR count). The molecule has 1 amide bonds. The van der Waals surface area contributed by atoms with Crippen molar-refractivity contribution in [3.63, 3.8) is 0 Å². The molecule has 0 bridgehead atoms. The van der Waals surface area contributed by atoms with Crippen LogP contribution in [-0.2, 0) is 4.79 Å². The highest BCUT2D eigenvalue weighted by Crippen LogP contribution is 2.43. The smallest absolute Gasteiger partial charge is 0.247 e. The average molecular weight is 408 g/mol. The van der Waals surface area contributed by atoms with Gasteiger partial charge in [0.25, 0.3) is 0 Å². The fourth-order valence-electron chi connectivity index (χ4n) is 3.23. The highest BCUT2D eigenvalue weighted by atomic mass is 32.2. The Kier molecular flexibility index (Phi) is 5.35. The summed E-state index contributed by atoms with van der Waals surface area (Å²) in [6.07, 6.45) is -0.697. The van der Waals surface area contributed by atoms with Crippen molar-refractivity contribution < 1.29 is 14.3 Å². The van der Waals surface area contributed by atoms with Crippen LogP contribution in [0.1, 0.15) is 25.6 Å². The van der Waals surface area contributed by atoms with Crippen LogP contribution in [0.15, 0.2) is 53.7 Å². The van der Waals surface area contributed by atoms with Crippen molar-refractivity contribution in [2.45, 2.75) is 25.2 Å². The van der Waals surface area contributed by atoms with Gasteiger partial charge in [0.1, 0.15) is 5.75 Å². The number of methoxy groups -OCH3 is 1. The van der Waals surface area contributed by atoms with Gasteiger partial charge < -0.3 is 9.47 Å². The predicted molar refractivity (Wildman–Crippen MR) is 111 cm³/mol. The van der Waals surface area contributed by atoms with Crippen molar-refractivity contribution in [2.24, 2.45) is 0 Å². The number of nitrogens with zero attached hydrogens (tertiary/aromatic N) is 4. The maximum absolute atomic E-state index is 12.7. The molecular formula is C21H20N4O3S. The standard InChI is InChI=1S/C21H20N4O3S/c1-4-29-21-22-19-18(23-24-21)16-7-5-6-8-17(16)25(13(2)26)20(28-19)14-9-11-15(27-3)12-10-14/h5-12,20H,4H2,1-3H3/t20-/m0/s1. The molecule has 2 heterocycles. The minimum Gasteiger partial charge on any atom is -0.497 e. The highest BCUT2D eigenvalue weighted by molar-refractivity contribution is 7.99. The van der Waals surface area contributed by atoms with Crippen LogP contribution in [0.5, 0.6) is 11.6 Å². The molecule has 8 heteroatoms. The molecule has 148 valence electrons. The third kappa shape index (κ3) is 3.63. The van der Waals surface area contributed by atoms with Gasteiger partial charge in [-0.25, -0.2) is 0 Å². The maximum Gasteiger partial charge on any atom is 0.247 e. The fraction of sp³-hybridized carbons (Fsp3) is 0.238. The Morgan fingerprint density at radius 3 is 2.62 bits per heavy atom. The summed E-state index contributed by atoms with van der Waals surface area (Å²) >= 11 is 1.48. The number of aromatic nitrogens is 3. The summed E-state index contributed by atoms with van der Waals surface area (Å²) in [5.41, 5.74) is 2.77. The van der Waals surface area contributed by atoms with E-state index in [4.69, 9.17) is 9.47 Å². The van der Waals surface area contributed by atoms with Crippen LogP contribution in [0.3, 0.4) is 0 Å². The first-order valence-corrected chi connectivity index (χ1v) is 10.2. The number of carbonyl (C=O) groups excluding carboxylic acids is 1. The second-order valence-corrected chi connectivity index (χ2v) is 7.56. The molecular weight excluding hydrogens is 388 g/mol. The lowest BCUT2D eigenvalue weighted by atomic mass is 10.1. The van der Waals surface area contributed by atoms with E-state index in [0.29, 0.717) is 22.4 Å². The van der Waals surface area contributed by atoms with Gasteiger partial charge in [-0.2, -0.15) is 4.98 Å². The van der Waals surface area contributed by atoms with E-state index >= 15 is 0 Å². The molecule has 0 fully saturated rings. The number of fused-ring (bicyclic) bond motifs is 3. The van der Waals surface area contributed by atoms with Crippen molar-refractivity contribution in [1.29, 1.82) is 0 Å². The van der Waals surface area contributed by atoms with E-state index in [1.165, 1.54) is 18.7 Å². The predicted octanol–water partition coefficient (Wildman–Crippen LogP) is 4.10. The lowest BCUT2D eigenvalue weighted by Crippen LogP contribution is -2.36. The Morgan fingerprint density at radius 2 is 1.93 bits per heavy atom. The SMILES string of the molecule is CCSc1nnc2c(n1)O[C@@H](c1ccc(OC)cc1)N(C(C)=O)c1ccccc1-2. The summed E-state index contributed by atoms with van der Waals surface area (Å²) < 4.78 is 11.6. The van der Waals surface area contributed by atoms with Crippen LogP contribution >= 0.6 is 11.8 Å². The zero-order valence-corrected chi connectivity index (χ0v) is 17.1. The molecule has 0 aliphatic carbocycles. The summed E-state index contributed by atoms with van der Waals surface area (Å²) in [4.78, 5) is 18.9. The summed E-state index contributed by atoms with van der Waals surface area (Å²) in [5, 5.41) is 9.12. The molecule has 0 N–H and O–H groups in total. The Balaban J connectivity index is 1.91. The normalized spacial score (nSPS) is 15.0. The van der Waals surface area contributed by atoms with Crippen LogP contribution in [0.2, 0.25) is 0 Å². The molecule has 29 heavy (non-hydrogen) atoms. The number of benzene rings is 2. The minimum atomic E-state index is -0.697. The van der Waals surface area contributed by atoms with Crippen molar-refractivity contribution in [2.75, 3.05) is 17.8 Å². The van der Waals surface area contributed by atoms with E-state index in [9.17, 15) is 4.79 Å². The summed E-state index contributed by atoms with van der Waals surface area (Å²) in [6, 6.07) is 15.0. The van der Waals surface area contributed by atoms with Crippen LogP contribution in [-0.4, -0.2) is 34.0 Å². The van der Waals surface area contributed by atoms with Gasteiger partial charge in [-0.1, -0.05) is 36.9 Å². The van der Waals surface area contributed by atoms with Gasteiger partial charge in [0.15, 0.2) is 5.69 Å². The highest BCUT2D eigenvalue weighted by Gasteiger charge is 2.34. The van der Waals surface area contributed by atoms with Crippen molar-refractivity contribution in [3.8, 4) is 22.9 Å². The number of amides is 1. The molecule has 0 unspecified atom stereocenters. The van der Waals surface area contributed by atoms with E-state index in [0.717, 1.165) is 22.6 Å². The number of thioether (sulfide) groups is 1. The number of carbonyl (C=O) groups is 1. The van der Waals surface area contributed by atoms with Gasteiger partial charge >= 0.3 is 0 Å². The summed E-state index contributed by atoms with van der Waals surface area (Å²) in [6.45, 7) is 3.54. The van der Waals surface area contributed by atoms with Crippen molar-refractivity contribution in [3.05, 3.63) is 54.1 Å². The molecule has 1 atom stereocenters. The monoisotopic (exact) mass is 408 g/mol. The summed E-state index contributed by atoms with van der Waals surface area (Å²) in [5.74, 6) is 1.75. The number of ether oxygens (including phenoxy) is 2. The first-order valence-electron chi connectivity index (χ1n) is 9.19. The Bertz CT molecular complexity index is 1040. The number of anilines is 1. The molecule has 0 saturated carbocycles. The molecule has 0 spiro atoms. The van der Waals surface area contributed by atoms with Crippen LogP contribution < -0.4 is 14.4 Å². The first-order chi connectivity index (χ1) is 14.1. The van der Waals surface area contributed by atoms with Crippen LogP contribution in [0.25, 0.3) is 11.3 Å². The largest absolute Gasteiger partial charge is 0.497 e. The lowest BCUT2D eigenvalue weighted by Gasteiger charge is -2.29. The molecule has 0 radical (unpaired) electrons. The topological polar surface area (TPSA) is 77.4 Å². The fourth-order valence-corrected chi connectivity index (χ4v) is 3.73. The Hall–Kier alpha value is -3.13. The van der Waals surface area contributed by atoms with Crippen molar-refractivity contribution >= 4 is 23.4 Å². The van der Waals surface area contributed by atoms with E-state index in [1.54, 1.807) is 12.0 Å². The van der Waals surface area contributed by atoms with Crippen molar-refractivity contribution in [1.82, 2.24) is 15.2 Å². The molecule has 1 aliphatic heterocycles. The zero-order valence-electron chi connectivity index (χ0n) is 16.3. The summed E-state index contributed by atoms with van der Waals surface area (Å²) in [7, 11) is 1.61. The minimum absolute atomic E-state index is 0.151. The van der Waals surface area contributed by atoms with E-state index in [1.807, 2.05) is 55.5 Å².